The average Bonchev–Trinajstić information content (AvgIpc) is 3.38. The zero-order chi connectivity index (χ0) is 17.9. The number of rotatable bonds is 3. The Labute approximate surface area is 150 Å². The largest absolute Gasteiger partial charge is 0.463 e. The standard InChI is InChI=1S/C20H19N3O3/c24-19(13-6-1-2-7-13)22-23-20(25)15-12-17(18-10-5-11-26-18)21-16-9-4-3-8-14(15)16/h3-5,8-13H,1-2,6-7H2,(H,22,24)(H,23,25). The Morgan fingerprint density at radius 3 is 2.62 bits per heavy atom. The highest BCUT2D eigenvalue weighted by Gasteiger charge is 2.23. The Morgan fingerprint density at radius 1 is 1.04 bits per heavy atom. The SMILES string of the molecule is O=C(NNC(=O)C1CCCC1)c1cc(-c2ccco2)nc2ccccc12. The van der Waals surface area contributed by atoms with Crippen LogP contribution in [0.2, 0.25) is 0 Å². The Bertz CT molecular complexity index is 944. The van der Waals surface area contributed by atoms with Crippen molar-refractivity contribution in [3.63, 3.8) is 0 Å². The number of carbonyl (C=O) groups excluding carboxylic acids is 2. The topological polar surface area (TPSA) is 84.2 Å². The maximum atomic E-state index is 12.7. The van der Waals surface area contributed by atoms with Crippen LogP contribution in [0.4, 0.5) is 0 Å². The molecule has 6 heteroatoms. The number of nitrogens with zero attached hydrogens (tertiary/aromatic N) is 1. The zero-order valence-corrected chi connectivity index (χ0v) is 14.2. The van der Waals surface area contributed by atoms with Crippen LogP contribution in [0.15, 0.2) is 53.1 Å². The Balaban J connectivity index is 1.61. The summed E-state index contributed by atoms with van der Waals surface area (Å²) in [6.45, 7) is 0. The van der Waals surface area contributed by atoms with E-state index in [0.717, 1.165) is 31.1 Å². The van der Waals surface area contributed by atoms with Gasteiger partial charge < -0.3 is 4.42 Å². The summed E-state index contributed by atoms with van der Waals surface area (Å²) >= 11 is 0. The molecule has 1 fully saturated rings. The molecule has 132 valence electrons. The van der Waals surface area contributed by atoms with Gasteiger partial charge in [0.25, 0.3) is 5.91 Å². The first-order chi connectivity index (χ1) is 12.7. The highest BCUT2D eigenvalue weighted by Crippen LogP contribution is 2.26. The van der Waals surface area contributed by atoms with E-state index in [0.29, 0.717) is 22.5 Å². The molecule has 0 spiro atoms. The predicted molar refractivity (Wildman–Crippen MR) is 97.0 cm³/mol. The van der Waals surface area contributed by atoms with Gasteiger partial charge in [0.05, 0.1) is 17.3 Å². The number of hydrogen-bond donors (Lipinski definition) is 2. The Morgan fingerprint density at radius 2 is 1.85 bits per heavy atom. The summed E-state index contributed by atoms with van der Waals surface area (Å²) in [5.41, 5.74) is 6.80. The highest BCUT2D eigenvalue weighted by molar-refractivity contribution is 6.07. The summed E-state index contributed by atoms with van der Waals surface area (Å²) in [4.78, 5) is 29.4. The fourth-order valence-corrected chi connectivity index (χ4v) is 3.39. The molecular formula is C20H19N3O3. The van der Waals surface area contributed by atoms with Gasteiger partial charge in [-0.1, -0.05) is 31.0 Å². The maximum absolute atomic E-state index is 12.7. The zero-order valence-electron chi connectivity index (χ0n) is 14.2. The molecule has 2 amide bonds. The summed E-state index contributed by atoms with van der Waals surface area (Å²) in [6, 6.07) is 12.6. The summed E-state index contributed by atoms with van der Waals surface area (Å²) < 4.78 is 5.40. The molecule has 3 aromatic rings. The van der Waals surface area contributed by atoms with Crippen molar-refractivity contribution in [2.75, 3.05) is 0 Å². The number of furan rings is 1. The lowest BCUT2D eigenvalue weighted by Crippen LogP contribution is -2.44. The minimum Gasteiger partial charge on any atom is -0.463 e. The van der Waals surface area contributed by atoms with Gasteiger partial charge in [0, 0.05) is 11.3 Å². The first kappa shape index (κ1) is 16.3. The van der Waals surface area contributed by atoms with E-state index in [2.05, 4.69) is 15.8 Å². The second kappa shape index (κ2) is 7.00. The van der Waals surface area contributed by atoms with Crippen molar-refractivity contribution >= 4 is 22.7 Å². The van der Waals surface area contributed by atoms with Crippen LogP contribution in [0, 0.1) is 5.92 Å². The fraction of sp³-hybridized carbons (Fsp3) is 0.250. The van der Waals surface area contributed by atoms with Gasteiger partial charge in [-0.05, 0) is 37.1 Å². The van der Waals surface area contributed by atoms with Gasteiger partial charge in [-0.25, -0.2) is 4.98 Å². The number of para-hydroxylation sites is 1. The molecule has 0 aliphatic heterocycles. The summed E-state index contributed by atoms with van der Waals surface area (Å²) in [5.74, 6) is 0.0752. The highest BCUT2D eigenvalue weighted by atomic mass is 16.3. The quantitative estimate of drug-likeness (QED) is 0.710. The molecule has 0 unspecified atom stereocenters. The number of hydrogen-bond acceptors (Lipinski definition) is 4. The number of hydrazine groups is 1. The first-order valence-electron chi connectivity index (χ1n) is 8.76. The monoisotopic (exact) mass is 349 g/mol. The van der Waals surface area contributed by atoms with Crippen LogP contribution in [-0.2, 0) is 4.79 Å². The molecule has 0 saturated heterocycles. The van der Waals surface area contributed by atoms with Crippen LogP contribution in [0.25, 0.3) is 22.4 Å². The molecule has 1 saturated carbocycles. The molecule has 0 atom stereocenters. The van der Waals surface area contributed by atoms with Crippen molar-refractivity contribution in [2.24, 2.45) is 5.92 Å². The van der Waals surface area contributed by atoms with E-state index >= 15 is 0 Å². The van der Waals surface area contributed by atoms with Gasteiger partial charge in [-0.15, -0.1) is 0 Å². The lowest BCUT2D eigenvalue weighted by atomic mass is 10.1. The number of nitrogens with one attached hydrogen (secondary N) is 2. The number of pyridine rings is 1. The number of fused-ring (bicyclic) bond motifs is 1. The van der Waals surface area contributed by atoms with Crippen LogP contribution in [-0.4, -0.2) is 16.8 Å². The summed E-state index contributed by atoms with van der Waals surface area (Å²) in [6.07, 6.45) is 5.44. The molecule has 1 aliphatic carbocycles. The minimum absolute atomic E-state index is 0.0110. The molecule has 4 rings (SSSR count). The molecular weight excluding hydrogens is 330 g/mol. The molecule has 0 bridgehead atoms. The summed E-state index contributed by atoms with van der Waals surface area (Å²) in [7, 11) is 0. The van der Waals surface area contributed by atoms with Gasteiger partial charge in [-0.2, -0.15) is 0 Å². The maximum Gasteiger partial charge on any atom is 0.270 e. The lowest BCUT2D eigenvalue weighted by molar-refractivity contribution is -0.125. The van der Waals surface area contributed by atoms with Gasteiger partial charge >= 0.3 is 0 Å². The minimum atomic E-state index is -0.372. The molecule has 1 aliphatic rings. The second-order valence-electron chi connectivity index (χ2n) is 6.47. The predicted octanol–water partition coefficient (Wildman–Crippen LogP) is 3.45. The van der Waals surface area contributed by atoms with Gasteiger partial charge in [0.15, 0.2) is 5.76 Å². The van der Waals surface area contributed by atoms with Gasteiger partial charge in [0.1, 0.15) is 5.69 Å². The van der Waals surface area contributed by atoms with Crippen LogP contribution in [0.3, 0.4) is 0 Å². The Kier molecular flexibility index (Phi) is 4.39. The van der Waals surface area contributed by atoms with Crippen LogP contribution < -0.4 is 10.9 Å². The third kappa shape index (κ3) is 3.18. The van der Waals surface area contributed by atoms with Crippen molar-refractivity contribution in [2.45, 2.75) is 25.7 Å². The number of amides is 2. The molecule has 0 radical (unpaired) electrons. The van der Waals surface area contributed by atoms with Crippen molar-refractivity contribution in [1.82, 2.24) is 15.8 Å². The molecule has 2 aromatic heterocycles. The van der Waals surface area contributed by atoms with Crippen molar-refractivity contribution in [3.8, 4) is 11.5 Å². The van der Waals surface area contributed by atoms with Crippen molar-refractivity contribution in [1.29, 1.82) is 0 Å². The summed E-state index contributed by atoms with van der Waals surface area (Å²) in [5, 5.41) is 0.718. The molecule has 2 N–H and O–H groups in total. The molecule has 1 aromatic carbocycles. The van der Waals surface area contributed by atoms with E-state index in [1.54, 1.807) is 24.5 Å². The van der Waals surface area contributed by atoms with Crippen LogP contribution in [0.5, 0.6) is 0 Å². The van der Waals surface area contributed by atoms with Crippen LogP contribution >= 0.6 is 0 Å². The van der Waals surface area contributed by atoms with Gasteiger partial charge in [0.2, 0.25) is 5.91 Å². The molecule has 2 heterocycles. The van der Waals surface area contributed by atoms with E-state index in [1.807, 2.05) is 24.3 Å². The first-order valence-corrected chi connectivity index (χ1v) is 8.76. The fourth-order valence-electron chi connectivity index (χ4n) is 3.39. The average molecular weight is 349 g/mol. The van der Waals surface area contributed by atoms with Crippen LogP contribution in [0.1, 0.15) is 36.0 Å². The second-order valence-corrected chi connectivity index (χ2v) is 6.47. The normalized spacial score (nSPS) is 14.5. The van der Waals surface area contributed by atoms with Crippen molar-refractivity contribution in [3.05, 3.63) is 54.3 Å². The van der Waals surface area contributed by atoms with E-state index < -0.39 is 0 Å². The number of aromatic nitrogens is 1. The smallest absolute Gasteiger partial charge is 0.270 e. The van der Waals surface area contributed by atoms with Crippen molar-refractivity contribution < 1.29 is 14.0 Å². The molecule has 26 heavy (non-hydrogen) atoms. The number of carbonyl (C=O) groups is 2. The lowest BCUT2D eigenvalue weighted by Gasteiger charge is -2.13. The Hall–Kier alpha value is -3.15. The van der Waals surface area contributed by atoms with E-state index in [-0.39, 0.29) is 17.7 Å². The number of benzene rings is 1. The third-order valence-corrected chi connectivity index (χ3v) is 4.76. The molecule has 6 nitrogen and oxygen atoms in total. The van der Waals surface area contributed by atoms with E-state index in [4.69, 9.17) is 4.42 Å². The van der Waals surface area contributed by atoms with E-state index in [9.17, 15) is 9.59 Å². The van der Waals surface area contributed by atoms with Gasteiger partial charge in [-0.3, -0.25) is 20.4 Å². The third-order valence-electron chi connectivity index (χ3n) is 4.76. The van der Waals surface area contributed by atoms with E-state index in [1.165, 1.54) is 0 Å².